The van der Waals surface area contributed by atoms with Crippen LogP contribution in [0.15, 0.2) is 54.6 Å². The molecule has 2 fully saturated rings. The molecule has 1 aliphatic carbocycles. The Balaban J connectivity index is 1.30. The molecule has 4 heteroatoms. The zero-order valence-corrected chi connectivity index (χ0v) is 19.4. The molecule has 0 bridgehead atoms. The fourth-order valence-electron chi connectivity index (χ4n) is 5.06. The van der Waals surface area contributed by atoms with Gasteiger partial charge in [-0.05, 0) is 65.8 Å². The molecule has 0 amide bonds. The Bertz CT molecular complexity index is 1190. The Hall–Kier alpha value is -2.85. The zero-order chi connectivity index (χ0) is 23.7. The number of ether oxygens (including phenoxy) is 1. The van der Waals surface area contributed by atoms with Gasteiger partial charge in [-0.3, -0.25) is 0 Å². The first-order valence-electron chi connectivity index (χ1n) is 12.2. The van der Waals surface area contributed by atoms with Crippen LogP contribution in [0.4, 0.5) is 13.2 Å². The van der Waals surface area contributed by atoms with E-state index >= 15 is 4.39 Å². The summed E-state index contributed by atoms with van der Waals surface area (Å²) in [7, 11) is 0. The minimum Gasteiger partial charge on any atom is -0.368 e. The van der Waals surface area contributed by atoms with Crippen LogP contribution < -0.4 is 0 Å². The Kier molecular flexibility index (Phi) is 6.60. The Morgan fingerprint density at radius 1 is 0.853 bits per heavy atom. The lowest BCUT2D eigenvalue weighted by atomic mass is 9.77. The van der Waals surface area contributed by atoms with Crippen LogP contribution >= 0.6 is 0 Å². The second-order valence-electron chi connectivity index (χ2n) is 9.51. The highest BCUT2D eigenvalue weighted by Gasteiger charge is 2.26. The molecule has 5 rings (SSSR count). The molecule has 1 saturated heterocycles. The first kappa shape index (κ1) is 22.9. The monoisotopic (exact) mass is 462 g/mol. The third-order valence-corrected chi connectivity index (χ3v) is 7.38. The highest BCUT2D eigenvalue weighted by molar-refractivity contribution is 5.72. The Labute approximate surface area is 199 Å². The van der Waals surface area contributed by atoms with Gasteiger partial charge in [0.1, 0.15) is 11.9 Å². The number of rotatable bonds is 6. The molecule has 3 aromatic carbocycles. The van der Waals surface area contributed by atoms with Gasteiger partial charge in [-0.2, -0.15) is 0 Å². The molecule has 0 radical (unpaired) electrons. The average molecular weight is 463 g/mol. The number of epoxide rings is 1. The molecule has 176 valence electrons. The van der Waals surface area contributed by atoms with Gasteiger partial charge in [0, 0.05) is 11.1 Å². The van der Waals surface area contributed by atoms with Crippen molar-refractivity contribution in [2.45, 2.75) is 51.0 Å². The number of benzene rings is 3. The van der Waals surface area contributed by atoms with E-state index in [0.29, 0.717) is 29.2 Å². The maximum atomic E-state index is 15.0. The van der Waals surface area contributed by atoms with E-state index in [0.717, 1.165) is 43.2 Å². The first-order chi connectivity index (χ1) is 16.5. The SMILES string of the molecule is CCC1CCC(c2ccc(-c3ccc(/C=C/c4ccc(C5CO5)cc4F)cc3)c(F)c2F)CC1. The third kappa shape index (κ3) is 4.83. The standard InChI is InChI=1S/C30H29F3O/c1-2-19-3-8-21(9-4-19)25-15-16-26(30(33)29(25)32)22-10-5-20(6-11-22)7-12-23-13-14-24(17-27(23)31)28-18-34-28/h5-7,10-17,19,21,28H,2-4,8-9,18H2,1H3/b12-7+. The fraction of sp³-hybridized carbons (Fsp3) is 0.333. The molecule has 1 nitrogen and oxygen atoms in total. The van der Waals surface area contributed by atoms with E-state index in [1.54, 1.807) is 36.4 Å². The van der Waals surface area contributed by atoms with Crippen molar-refractivity contribution in [3.05, 3.63) is 94.3 Å². The molecule has 1 saturated carbocycles. The summed E-state index contributed by atoms with van der Waals surface area (Å²) in [6.07, 6.45) is 8.72. The third-order valence-electron chi connectivity index (χ3n) is 7.38. The van der Waals surface area contributed by atoms with Crippen LogP contribution in [0.25, 0.3) is 23.3 Å². The van der Waals surface area contributed by atoms with Gasteiger partial charge in [-0.25, -0.2) is 13.2 Å². The number of hydrogen-bond donors (Lipinski definition) is 0. The van der Waals surface area contributed by atoms with Crippen LogP contribution in [0.1, 0.15) is 73.3 Å². The van der Waals surface area contributed by atoms with Gasteiger partial charge in [-0.1, -0.05) is 74.0 Å². The fourth-order valence-corrected chi connectivity index (χ4v) is 5.06. The molecule has 0 aromatic heterocycles. The van der Waals surface area contributed by atoms with Gasteiger partial charge >= 0.3 is 0 Å². The minimum absolute atomic E-state index is 0.0236. The normalized spacial score (nSPS) is 22.3. The van der Waals surface area contributed by atoms with E-state index in [-0.39, 0.29) is 23.4 Å². The van der Waals surface area contributed by atoms with Gasteiger partial charge in [-0.15, -0.1) is 0 Å². The highest BCUT2D eigenvalue weighted by Crippen LogP contribution is 2.39. The van der Waals surface area contributed by atoms with E-state index in [9.17, 15) is 8.78 Å². The second kappa shape index (κ2) is 9.79. The van der Waals surface area contributed by atoms with Gasteiger partial charge in [0.05, 0.1) is 6.61 Å². The van der Waals surface area contributed by atoms with Crippen molar-refractivity contribution in [2.75, 3.05) is 6.61 Å². The van der Waals surface area contributed by atoms with Gasteiger partial charge in [0.15, 0.2) is 11.6 Å². The van der Waals surface area contributed by atoms with Gasteiger partial charge < -0.3 is 4.74 Å². The van der Waals surface area contributed by atoms with Crippen molar-refractivity contribution >= 4 is 12.2 Å². The summed E-state index contributed by atoms with van der Waals surface area (Å²) in [5, 5.41) is 0. The maximum absolute atomic E-state index is 15.0. The van der Waals surface area contributed by atoms with Crippen LogP contribution in [0.3, 0.4) is 0 Å². The lowest BCUT2D eigenvalue weighted by Crippen LogP contribution is -2.14. The number of halogens is 3. The lowest BCUT2D eigenvalue weighted by molar-refractivity contribution is 0.312. The highest BCUT2D eigenvalue weighted by atomic mass is 19.2. The average Bonchev–Trinajstić information content (AvgIpc) is 3.71. The van der Waals surface area contributed by atoms with E-state index in [1.165, 1.54) is 6.07 Å². The summed E-state index contributed by atoms with van der Waals surface area (Å²) >= 11 is 0. The minimum atomic E-state index is -0.778. The first-order valence-corrected chi connectivity index (χ1v) is 12.2. The second-order valence-corrected chi connectivity index (χ2v) is 9.51. The molecular weight excluding hydrogens is 433 g/mol. The summed E-state index contributed by atoms with van der Waals surface area (Å²) in [4.78, 5) is 0. The zero-order valence-electron chi connectivity index (χ0n) is 19.4. The van der Waals surface area contributed by atoms with E-state index in [4.69, 9.17) is 4.74 Å². The van der Waals surface area contributed by atoms with Crippen molar-refractivity contribution in [3.63, 3.8) is 0 Å². The molecule has 1 heterocycles. The molecule has 34 heavy (non-hydrogen) atoms. The van der Waals surface area contributed by atoms with E-state index < -0.39 is 11.6 Å². The van der Waals surface area contributed by atoms with Crippen LogP contribution in [0.2, 0.25) is 0 Å². The lowest BCUT2D eigenvalue weighted by Gasteiger charge is -2.28. The van der Waals surface area contributed by atoms with Crippen LogP contribution in [0, 0.1) is 23.4 Å². The summed E-state index contributed by atoms with van der Waals surface area (Å²) in [6.45, 7) is 2.84. The topological polar surface area (TPSA) is 12.5 Å². The van der Waals surface area contributed by atoms with Gasteiger partial charge in [0.25, 0.3) is 0 Å². The smallest absolute Gasteiger partial charge is 0.166 e. The summed E-state index contributed by atoms with van der Waals surface area (Å²) in [6, 6.07) is 15.8. The molecule has 1 unspecified atom stereocenters. The largest absolute Gasteiger partial charge is 0.368 e. The van der Waals surface area contributed by atoms with Crippen molar-refractivity contribution in [2.24, 2.45) is 5.92 Å². The molecule has 3 aromatic rings. The van der Waals surface area contributed by atoms with E-state index in [1.807, 2.05) is 24.3 Å². The van der Waals surface area contributed by atoms with Crippen molar-refractivity contribution < 1.29 is 17.9 Å². The predicted octanol–water partition coefficient (Wildman–Crippen LogP) is 8.70. The Morgan fingerprint density at radius 3 is 2.24 bits per heavy atom. The van der Waals surface area contributed by atoms with Crippen molar-refractivity contribution in [1.29, 1.82) is 0 Å². The summed E-state index contributed by atoms with van der Waals surface area (Å²) in [5.41, 5.74) is 3.59. The Morgan fingerprint density at radius 2 is 1.59 bits per heavy atom. The number of hydrogen-bond acceptors (Lipinski definition) is 1. The summed E-state index contributed by atoms with van der Waals surface area (Å²) < 4.78 is 49.5. The molecular formula is C30H29F3O. The molecule has 0 N–H and O–H groups in total. The van der Waals surface area contributed by atoms with E-state index in [2.05, 4.69) is 6.92 Å². The van der Waals surface area contributed by atoms with Crippen LogP contribution in [-0.4, -0.2) is 6.61 Å². The summed E-state index contributed by atoms with van der Waals surface area (Å²) in [5.74, 6) is -0.965. The molecule has 1 aliphatic heterocycles. The van der Waals surface area contributed by atoms with Crippen LogP contribution in [-0.2, 0) is 4.74 Å². The van der Waals surface area contributed by atoms with Crippen LogP contribution in [0.5, 0.6) is 0 Å². The van der Waals surface area contributed by atoms with Gasteiger partial charge in [0.2, 0.25) is 0 Å². The maximum Gasteiger partial charge on any atom is 0.166 e. The quantitative estimate of drug-likeness (QED) is 0.264. The molecule has 1 atom stereocenters. The van der Waals surface area contributed by atoms with Crippen molar-refractivity contribution in [1.82, 2.24) is 0 Å². The molecule has 0 spiro atoms. The molecule has 2 aliphatic rings. The van der Waals surface area contributed by atoms with Crippen molar-refractivity contribution in [3.8, 4) is 11.1 Å². The predicted molar refractivity (Wildman–Crippen MR) is 131 cm³/mol.